The third-order valence-electron chi connectivity index (χ3n) is 2.29. The second-order valence-corrected chi connectivity index (χ2v) is 6.84. The van der Waals surface area contributed by atoms with Crippen LogP contribution in [0.25, 0.3) is 0 Å². The summed E-state index contributed by atoms with van der Waals surface area (Å²) in [4.78, 5) is 0.265. The van der Waals surface area contributed by atoms with Gasteiger partial charge in [0.15, 0.2) is 0 Å². The van der Waals surface area contributed by atoms with Crippen LogP contribution in [0.2, 0.25) is 0 Å². The Morgan fingerprint density at radius 1 is 0.889 bits per heavy atom. The van der Waals surface area contributed by atoms with Gasteiger partial charge in [-0.25, -0.2) is 8.42 Å². The van der Waals surface area contributed by atoms with Crippen molar-refractivity contribution in [2.75, 3.05) is 3.71 Å². The molecule has 0 saturated heterocycles. The van der Waals surface area contributed by atoms with Crippen LogP contribution in [-0.4, -0.2) is 8.42 Å². The van der Waals surface area contributed by atoms with E-state index in [4.69, 9.17) is 0 Å². The number of hydrogen-bond donors (Lipinski definition) is 0. The first-order valence-electron chi connectivity index (χ1n) is 5.10. The number of nitrogens with zero attached hydrogens (tertiary/aromatic N) is 1. The molecule has 2 aromatic rings. The first-order chi connectivity index (χ1) is 8.66. The van der Waals surface area contributed by atoms with E-state index < -0.39 is 10.0 Å². The van der Waals surface area contributed by atoms with Gasteiger partial charge in [0.1, 0.15) is 0 Å². The molecule has 0 saturated carbocycles. The Morgan fingerprint density at radius 2 is 1.39 bits per heavy atom. The van der Waals surface area contributed by atoms with Crippen LogP contribution in [0.1, 0.15) is 0 Å². The zero-order valence-electron chi connectivity index (χ0n) is 9.23. The normalized spacial score (nSPS) is 11.2. The van der Waals surface area contributed by atoms with E-state index in [1.165, 1.54) is 3.71 Å². The van der Waals surface area contributed by atoms with Gasteiger partial charge in [0.25, 0.3) is 10.0 Å². The Hall–Kier alpha value is -0.980. The Balaban J connectivity index is 2.46. The molecule has 0 heterocycles. The number of hydrogen-bond acceptors (Lipinski definition) is 3. The van der Waals surface area contributed by atoms with Gasteiger partial charge in [-0.05, 0) is 24.3 Å². The van der Waals surface area contributed by atoms with E-state index in [0.29, 0.717) is 5.69 Å². The fraction of sp³-hybridized carbons (Fsp3) is 0. The van der Waals surface area contributed by atoms with Crippen LogP contribution in [0, 0.1) is 0 Å². The van der Waals surface area contributed by atoms with E-state index in [1.54, 1.807) is 54.6 Å². The molecule has 0 aromatic heterocycles. The first kappa shape index (κ1) is 13.5. The van der Waals surface area contributed by atoms with E-state index in [1.807, 2.05) is 6.07 Å². The van der Waals surface area contributed by atoms with Crippen LogP contribution in [0.3, 0.4) is 0 Å². The Morgan fingerprint density at radius 3 is 1.89 bits per heavy atom. The maximum absolute atomic E-state index is 12.4. The fourth-order valence-corrected chi connectivity index (χ4v) is 5.20. The molecule has 3 nitrogen and oxygen atoms in total. The van der Waals surface area contributed by atoms with Crippen LogP contribution in [0.5, 0.6) is 0 Å². The van der Waals surface area contributed by atoms with Crippen molar-refractivity contribution in [3.05, 3.63) is 60.7 Å². The Bertz CT molecular complexity index is 602. The van der Waals surface area contributed by atoms with E-state index in [-0.39, 0.29) is 4.90 Å². The summed E-state index contributed by atoms with van der Waals surface area (Å²) in [6.07, 6.45) is 0. The molecular weight excluding hydrogens is 334 g/mol. The minimum atomic E-state index is -3.55. The number of benzene rings is 2. The van der Waals surface area contributed by atoms with Crippen molar-refractivity contribution < 1.29 is 8.42 Å². The lowest BCUT2D eigenvalue weighted by Crippen LogP contribution is -2.22. The second-order valence-electron chi connectivity index (χ2n) is 3.45. The molecule has 0 unspecified atom stereocenters. The van der Waals surface area contributed by atoms with Gasteiger partial charge in [-0.15, -0.1) is 0 Å². The molecule has 0 aliphatic heterocycles. The highest BCUT2D eigenvalue weighted by Crippen LogP contribution is 2.33. The summed E-state index contributed by atoms with van der Waals surface area (Å²) in [7, 11) is -2.57. The van der Waals surface area contributed by atoms with Gasteiger partial charge in [0.05, 0.1) is 10.6 Å². The molecule has 0 atom stereocenters. The molecule has 18 heavy (non-hydrogen) atoms. The molecule has 2 rings (SSSR count). The number of halogens is 1. The van der Waals surface area contributed by atoms with E-state index in [9.17, 15) is 8.42 Å². The predicted molar refractivity (Wildman–Crippen MR) is 79.1 cm³/mol. The average Bonchev–Trinajstić information content (AvgIpc) is 2.41. The van der Waals surface area contributed by atoms with Gasteiger partial charge in [-0.1, -0.05) is 36.4 Å². The highest BCUT2D eigenvalue weighted by molar-refractivity contribution is 9.50. The van der Waals surface area contributed by atoms with Crippen molar-refractivity contribution in [2.45, 2.75) is 4.90 Å². The largest absolute Gasteiger partial charge is 0.274 e. The summed E-state index contributed by atoms with van der Waals surface area (Å²) in [6, 6.07) is 17.3. The number of anilines is 1. The molecule has 0 radical (unpaired) electrons. The van der Waals surface area contributed by atoms with Crippen LogP contribution < -0.4 is 3.71 Å². The topological polar surface area (TPSA) is 37.4 Å². The van der Waals surface area contributed by atoms with Gasteiger partial charge < -0.3 is 0 Å². The molecule has 0 aliphatic carbocycles. The highest BCUT2D eigenvalue weighted by Gasteiger charge is 2.24. The molecule has 0 bridgehead atoms. The standard InChI is InChI=1S/C12H10BrNO2S2/c13-17-14(11-7-3-1-4-8-11)18(15,16)12-9-5-2-6-10-12/h1-10H. The molecule has 2 aromatic carbocycles. The smallest absolute Gasteiger partial charge is 0.200 e. The highest BCUT2D eigenvalue weighted by atomic mass is 79.9. The van der Waals surface area contributed by atoms with E-state index in [0.717, 1.165) is 10.4 Å². The maximum Gasteiger partial charge on any atom is 0.274 e. The number of para-hydroxylation sites is 1. The predicted octanol–water partition coefficient (Wildman–Crippen LogP) is 3.84. The van der Waals surface area contributed by atoms with Crippen LogP contribution in [0.4, 0.5) is 5.69 Å². The van der Waals surface area contributed by atoms with Crippen LogP contribution in [0.15, 0.2) is 65.6 Å². The zero-order chi connectivity index (χ0) is 13.0. The minimum absolute atomic E-state index is 0.265. The third-order valence-corrected chi connectivity index (χ3v) is 6.40. The van der Waals surface area contributed by atoms with Crippen LogP contribution >= 0.6 is 25.2 Å². The molecule has 6 heteroatoms. The molecule has 94 valence electrons. The van der Waals surface area contributed by atoms with Gasteiger partial charge in [0.2, 0.25) is 0 Å². The van der Waals surface area contributed by atoms with Gasteiger partial charge >= 0.3 is 0 Å². The molecular formula is C12H10BrNO2S2. The Labute approximate surface area is 118 Å². The van der Waals surface area contributed by atoms with Gasteiger partial charge in [-0.3, -0.25) is 0 Å². The van der Waals surface area contributed by atoms with Crippen molar-refractivity contribution >= 4 is 40.9 Å². The monoisotopic (exact) mass is 343 g/mol. The quantitative estimate of drug-likeness (QED) is 0.791. The summed E-state index contributed by atoms with van der Waals surface area (Å²) in [6.45, 7) is 0. The zero-order valence-corrected chi connectivity index (χ0v) is 12.5. The molecule has 0 aliphatic rings. The van der Waals surface area contributed by atoms with Crippen LogP contribution in [-0.2, 0) is 10.0 Å². The van der Waals surface area contributed by atoms with Crippen molar-refractivity contribution in [3.8, 4) is 0 Å². The molecule has 0 spiro atoms. The van der Waals surface area contributed by atoms with E-state index >= 15 is 0 Å². The average molecular weight is 344 g/mol. The van der Waals surface area contributed by atoms with Gasteiger partial charge in [-0.2, -0.15) is 3.71 Å². The maximum atomic E-state index is 12.4. The second kappa shape index (κ2) is 5.77. The number of rotatable bonds is 4. The summed E-state index contributed by atoms with van der Waals surface area (Å²) in [5.41, 5.74) is 0.600. The summed E-state index contributed by atoms with van der Waals surface area (Å²) in [5, 5.41) is 0. The van der Waals surface area contributed by atoms with Crippen molar-refractivity contribution in [2.24, 2.45) is 0 Å². The van der Waals surface area contributed by atoms with Crippen molar-refractivity contribution in [1.29, 1.82) is 0 Å². The number of sulfonamides is 1. The lowest BCUT2D eigenvalue weighted by atomic mass is 10.3. The summed E-state index contributed by atoms with van der Waals surface area (Å²) >= 11 is 3.15. The molecule has 0 N–H and O–H groups in total. The third kappa shape index (κ3) is 2.71. The van der Waals surface area contributed by atoms with Gasteiger partial charge in [0, 0.05) is 25.2 Å². The SMILES string of the molecule is O=S(=O)(c1ccccc1)N(SBr)c1ccccc1. The molecule has 0 amide bonds. The van der Waals surface area contributed by atoms with E-state index in [2.05, 4.69) is 14.8 Å². The molecule has 0 fully saturated rings. The van der Waals surface area contributed by atoms with Crippen molar-refractivity contribution in [3.63, 3.8) is 0 Å². The Kier molecular flexibility index (Phi) is 4.31. The first-order valence-corrected chi connectivity index (χ1v) is 9.16. The minimum Gasteiger partial charge on any atom is -0.200 e. The lowest BCUT2D eigenvalue weighted by Gasteiger charge is -2.19. The summed E-state index contributed by atoms with van der Waals surface area (Å²) in [5.74, 6) is 0. The van der Waals surface area contributed by atoms with Crippen molar-refractivity contribution in [1.82, 2.24) is 0 Å². The lowest BCUT2D eigenvalue weighted by molar-refractivity contribution is 0.598. The fourth-order valence-electron chi connectivity index (χ4n) is 1.45. The summed E-state index contributed by atoms with van der Waals surface area (Å²) < 4.78 is 26.1.